The van der Waals surface area contributed by atoms with Crippen LogP contribution in [0.1, 0.15) is 31.0 Å². The number of nitrogens with zero attached hydrogens (tertiary/aromatic N) is 7. The fourth-order valence-corrected chi connectivity index (χ4v) is 5.20. The van der Waals surface area contributed by atoms with E-state index < -0.39 is 6.04 Å². The van der Waals surface area contributed by atoms with Crippen molar-refractivity contribution in [3.05, 3.63) is 72.9 Å². The maximum atomic E-state index is 13.8. The summed E-state index contributed by atoms with van der Waals surface area (Å²) >= 11 is 0. The topological polar surface area (TPSA) is 97.5 Å². The number of H-pyrrole nitrogens is 1. The van der Waals surface area contributed by atoms with E-state index in [-0.39, 0.29) is 11.9 Å². The third-order valence-electron chi connectivity index (χ3n) is 7.09. The number of pyridine rings is 1. The zero-order chi connectivity index (χ0) is 23.1. The third kappa shape index (κ3) is 3.53. The number of carbonyl (C=O) groups excluding carboxylic acids is 1. The summed E-state index contributed by atoms with van der Waals surface area (Å²) < 4.78 is 3.92. The maximum Gasteiger partial charge on any atom is 0.247 e. The fraction of sp³-hybridized carbons (Fsp3) is 0.320. The zero-order valence-corrected chi connectivity index (χ0v) is 19.0. The lowest BCUT2D eigenvalue weighted by atomic mass is 9.92. The largest absolute Gasteiger partial charge is 0.346 e. The molecule has 0 radical (unpaired) electrons. The van der Waals surface area contributed by atoms with E-state index in [1.54, 1.807) is 4.68 Å². The van der Waals surface area contributed by atoms with E-state index in [4.69, 9.17) is 0 Å². The summed E-state index contributed by atoms with van der Waals surface area (Å²) in [6.07, 6.45) is 8.99. The molecule has 0 saturated carbocycles. The van der Waals surface area contributed by atoms with E-state index in [2.05, 4.69) is 55.3 Å². The second-order valence-electron chi connectivity index (χ2n) is 9.14. The molecular weight excluding hydrogens is 428 g/mol. The van der Waals surface area contributed by atoms with Crippen LogP contribution < -0.4 is 0 Å². The summed E-state index contributed by atoms with van der Waals surface area (Å²) in [6, 6.07) is 13.9. The normalized spacial score (nSPS) is 19.6. The van der Waals surface area contributed by atoms with Crippen LogP contribution >= 0.6 is 0 Å². The predicted octanol–water partition coefficient (Wildman–Crippen LogP) is 3.40. The van der Waals surface area contributed by atoms with E-state index in [0.717, 1.165) is 34.9 Å². The Morgan fingerprint density at radius 1 is 1.21 bits per heavy atom. The quantitative estimate of drug-likeness (QED) is 0.439. The van der Waals surface area contributed by atoms with Gasteiger partial charge in [0.05, 0.1) is 11.6 Å². The number of piperidine rings is 1. The molecule has 1 aliphatic rings. The molecule has 1 aliphatic heterocycles. The first-order valence-corrected chi connectivity index (χ1v) is 11.7. The number of hydrogen-bond donors (Lipinski definition) is 1. The van der Waals surface area contributed by atoms with Crippen molar-refractivity contribution in [2.75, 3.05) is 13.1 Å². The number of carbonyl (C=O) groups is 1. The van der Waals surface area contributed by atoms with Crippen molar-refractivity contribution in [1.82, 2.24) is 39.6 Å². The Kier molecular flexibility index (Phi) is 5.09. The molecular formula is C25H26N8O. The van der Waals surface area contributed by atoms with Gasteiger partial charge in [-0.2, -0.15) is 0 Å². The zero-order valence-electron chi connectivity index (χ0n) is 19.0. The number of likely N-dealkylation sites (tertiary alicyclic amines) is 1. The van der Waals surface area contributed by atoms with Crippen LogP contribution in [0.4, 0.5) is 0 Å². The summed E-state index contributed by atoms with van der Waals surface area (Å²) in [6.45, 7) is 3.65. The smallest absolute Gasteiger partial charge is 0.247 e. The van der Waals surface area contributed by atoms with Gasteiger partial charge in [0.15, 0.2) is 0 Å². The van der Waals surface area contributed by atoms with Crippen LogP contribution in [0.25, 0.3) is 21.9 Å². The molecule has 6 rings (SSSR count). The monoisotopic (exact) mass is 454 g/mol. The number of tetrazole rings is 1. The van der Waals surface area contributed by atoms with E-state index in [1.807, 2.05) is 47.6 Å². The van der Waals surface area contributed by atoms with Gasteiger partial charge in [0.2, 0.25) is 5.91 Å². The molecule has 1 saturated heterocycles. The minimum absolute atomic E-state index is 0.0537. The molecule has 9 nitrogen and oxygen atoms in total. The van der Waals surface area contributed by atoms with Crippen molar-refractivity contribution >= 4 is 27.8 Å². The Hall–Kier alpha value is -4.01. The van der Waals surface area contributed by atoms with E-state index in [9.17, 15) is 4.79 Å². The lowest BCUT2D eigenvalue weighted by molar-refractivity contribution is -0.137. The van der Waals surface area contributed by atoms with Crippen LogP contribution in [-0.4, -0.2) is 58.6 Å². The average molecular weight is 455 g/mol. The first-order chi connectivity index (χ1) is 16.7. The van der Waals surface area contributed by atoms with Gasteiger partial charge in [-0.3, -0.25) is 4.79 Å². The Morgan fingerprint density at radius 3 is 2.91 bits per heavy atom. The molecule has 1 N–H and O–H groups in total. The molecule has 1 unspecified atom stereocenters. The molecule has 34 heavy (non-hydrogen) atoms. The molecule has 0 bridgehead atoms. The van der Waals surface area contributed by atoms with Crippen molar-refractivity contribution in [3.8, 4) is 0 Å². The van der Waals surface area contributed by atoms with Crippen LogP contribution in [0.3, 0.4) is 0 Å². The highest BCUT2D eigenvalue weighted by Gasteiger charge is 2.35. The molecule has 172 valence electrons. The van der Waals surface area contributed by atoms with E-state index in [0.29, 0.717) is 18.9 Å². The number of rotatable bonds is 5. The van der Waals surface area contributed by atoms with Crippen LogP contribution in [0.2, 0.25) is 0 Å². The van der Waals surface area contributed by atoms with Gasteiger partial charge in [-0.25, -0.2) is 9.67 Å². The SMILES string of the molecule is C[C@@H]1CCN(C(=O)C(Cc2ccccc2)n2cnnn2)C[C@@H]1n1ccc2cnc3[nH]ccc3c21. The van der Waals surface area contributed by atoms with Crippen LogP contribution in [0.15, 0.2) is 67.4 Å². The van der Waals surface area contributed by atoms with Crippen LogP contribution in [0, 0.1) is 5.92 Å². The molecule has 0 spiro atoms. The van der Waals surface area contributed by atoms with Gasteiger partial charge in [0.25, 0.3) is 0 Å². The number of benzene rings is 1. The second-order valence-corrected chi connectivity index (χ2v) is 9.14. The van der Waals surface area contributed by atoms with Crippen molar-refractivity contribution in [2.45, 2.75) is 31.8 Å². The molecule has 0 aliphatic carbocycles. The number of hydrogen-bond acceptors (Lipinski definition) is 5. The Morgan fingerprint density at radius 2 is 2.09 bits per heavy atom. The van der Waals surface area contributed by atoms with Crippen molar-refractivity contribution in [2.24, 2.45) is 5.92 Å². The average Bonchev–Trinajstić information content (AvgIpc) is 3.63. The standard InChI is InChI=1S/C25H26N8O/c1-17-8-11-31(25(34)21(33-16-28-29-30-33)13-18-5-3-2-4-6-18)15-22(17)32-12-9-19-14-27-24-20(23(19)32)7-10-26-24/h2-7,9-10,12,14,16-17,21-22H,8,11,13,15H2,1H3,(H,26,27)/t17-,21?,22+/m1/s1. The van der Waals surface area contributed by atoms with Gasteiger partial charge >= 0.3 is 0 Å². The minimum atomic E-state index is -0.478. The van der Waals surface area contributed by atoms with E-state index >= 15 is 0 Å². The highest BCUT2D eigenvalue weighted by atomic mass is 16.2. The Labute approximate surface area is 196 Å². The molecule has 1 aromatic carbocycles. The maximum absolute atomic E-state index is 13.8. The summed E-state index contributed by atoms with van der Waals surface area (Å²) in [5.41, 5.74) is 3.13. The van der Waals surface area contributed by atoms with Crippen LogP contribution in [0.5, 0.6) is 0 Å². The first-order valence-electron chi connectivity index (χ1n) is 11.7. The Bertz CT molecular complexity index is 1420. The minimum Gasteiger partial charge on any atom is -0.346 e. The number of aromatic nitrogens is 7. The van der Waals surface area contributed by atoms with Crippen molar-refractivity contribution in [3.63, 3.8) is 0 Å². The number of fused-ring (bicyclic) bond motifs is 3. The number of amides is 1. The fourth-order valence-electron chi connectivity index (χ4n) is 5.20. The molecule has 4 aromatic heterocycles. The van der Waals surface area contributed by atoms with Gasteiger partial charge in [0.1, 0.15) is 18.0 Å². The first kappa shape index (κ1) is 20.6. The molecule has 1 fully saturated rings. The molecule has 9 heteroatoms. The van der Waals surface area contributed by atoms with Gasteiger partial charge < -0.3 is 14.5 Å². The highest BCUT2D eigenvalue weighted by Crippen LogP contribution is 2.34. The van der Waals surface area contributed by atoms with Gasteiger partial charge in [-0.1, -0.05) is 37.3 Å². The molecule has 3 atom stereocenters. The summed E-state index contributed by atoms with van der Waals surface area (Å²) in [7, 11) is 0. The third-order valence-corrected chi connectivity index (χ3v) is 7.09. The number of nitrogens with one attached hydrogen (secondary N) is 1. The van der Waals surface area contributed by atoms with Crippen molar-refractivity contribution in [1.29, 1.82) is 0 Å². The predicted molar refractivity (Wildman–Crippen MR) is 128 cm³/mol. The molecule has 1 amide bonds. The van der Waals surface area contributed by atoms with Crippen molar-refractivity contribution < 1.29 is 4.79 Å². The van der Waals surface area contributed by atoms with Gasteiger partial charge in [0, 0.05) is 48.9 Å². The molecule has 5 heterocycles. The molecule has 5 aromatic rings. The summed E-state index contributed by atoms with van der Waals surface area (Å²) in [5.74, 6) is 0.486. The summed E-state index contributed by atoms with van der Waals surface area (Å²) in [5, 5.41) is 13.9. The lowest BCUT2D eigenvalue weighted by Crippen LogP contribution is -2.47. The lowest BCUT2D eigenvalue weighted by Gasteiger charge is -2.39. The van der Waals surface area contributed by atoms with Gasteiger partial charge in [-0.05, 0) is 40.5 Å². The summed E-state index contributed by atoms with van der Waals surface area (Å²) in [4.78, 5) is 23.6. The van der Waals surface area contributed by atoms with Gasteiger partial charge in [-0.15, -0.1) is 5.10 Å². The second kappa shape index (κ2) is 8.40. The Balaban J connectivity index is 1.32. The number of aromatic amines is 1. The van der Waals surface area contributed by atoms with E-state index in [1.165, 1.54) is 11.8 Å². The van der Waals surface area contributed by atoms with Crippen LogP contribution in [-0.2, 0) is 11.2 Å². The highest BCUT2D eigenvalue weighted by molar-refractivity contribution is 6.02.